The minimum Gasteiger partial charge on any atom is -0.126 e. The Hall–Kier alpha value is -0.870. The number of aryl methyl sites for hydroxylation is 2. The van der Waals surface area contributed by atoms with Crippen LogP contribution in [0.1, 0.15) is 24.0 Å². The van der Waals surface area contributed by atoms with E-state index in [1.807, 2.05) is 11.8 Å². The van der Waals surface area contributed by atoms with Crippen LogP contribution in [0.25, 0.3) is 0 Å². The Kier molecular flexibility index (Phi) is 4.62. The van der Waals surface area contributed by atoms with Crippen molar-refractivity contribution in [3.63, 3.8) is 0 Å². The second-order valence-electron chi connectivity index (χ2n) is 3.43. The van der Waals surface area contributed by atoms with Crippen LogP contribution in [0.3, 0.4) is 0 Å². The van der Waals surface area contributed by atoms with Gasteiger partial charge in [-0.25, -0.2) is 0 Å². The summed E-state index contributed by atoms with van der Waals surface area (Å²) in [5.41, 5.74) is 2.69. The summed E-state index contributed by atoms with van der Waals surface area (Å²) in [6.45, 7) is 4.29. The summed E-state index contributed by atoms with van der Waals surface area (Å²) in [7, 11) is 0. The normalized spacial score (nSPS) is 9.79. The zero-order chi connectivity index (χ0) is 10.4. The molecule has 1 heteroatoms. The lowest BCUT2D eigenvalue weighted by Crippen LogP contribution is -1.84. The predicted octanol–water partition coefficient (Wildman–Crippen LogP) is 3.81. The summed E-state index contributed by atoms with van der Waals surface area (Å²) in [4.78, 5) is 1.39. The molecule has 0 aliphatic heterocycles. The third-order valence-electron chi connectivity index (χ3n) is 2.07. The number of hydrogen-bond acceptors (Lipinski definition) is 1. The molecule has 74 valence electrons. The SMILES string of the molecule is C#CCCCSc1cc(C)ccc1C. The molecule has 0 saturated carbocycles. The van der Waals surface area contributed by atoms with Crippen molar-refractivity contribution in [1.82, 2.24) is 0 Å². The fraction of sp³-hybridized carbons (Fsp3) is 0.385. The molecule has 0 heterocycles. The second kappa shape index (κ2) is 5.78. The Bertz CT molecular complexity index is 334. The van der Waals surface area contributed by atoms with Gasteiger partial charge in [-0.2, -0.15) is 0 Å². The van der Waals surface area contributed by atoms with Gasteiger partial charge in [-0.05, 0) is 37.7 Å². The van der Waals surface area contributed by atoms with Crippen molar-refractivity contribution in [3.8, 4) is 12.3 Å². The highest BCUT2D eigenvalue weighted by atomic mass is 32.2. The molecule has 0 unspecified atom stereocenters. The maximum atomic E-state index is 5.20. The van der Waals surface area contributed by atoms with E-state index in [0.29, 0.717) is 0 Å². The Labute approximate surface area is 91.1 Å². The fourth-order valence-electron chi connectivity index (χ4n) is 1.22. The highest BCUT2D eigenvalue weighted by Crippen LogP contribution is 2.24. The van der Waals surface area contributed by atoms with E-state index in [-0.39, 0.29) is 0 Å². The third-order valence-corrected chi connectivity index (χ3v) is 3.31. The molecule has 0 aliphatic carbocycles. The monoisotopic (exact) mass is 204 g/mol. The van der Waals surface area contributed by atoms with Gasteiger partial charge in [0.05, 0.1) is 0 Å². The maximum absolute atomic E-state index is 5.20. The van der Waals surface area contributed by atoms with E-state index in [0.717, 1.165) is 18.6 Å². The molecule has 1 rings (SSSR count). The summed E-state index contributed by atoms with van der Waals surface area (Å²) in [6.07, 6.45) is 7.20. The number of rotatable bonds is 4. The molecule has 1 aromatic carbocycles. The van der Waals surface area contributed by atoms with Crippen molar-refractivity contribution in [3.05, 3.63) is 29.3 Å². The molecule has 0 radical (unpaired) electrons. The second-order valence-corrected chi connectivity index (χ2v) is 4.56. The number of unbranched alkanes of at least 4 members (excludes halogenated alkanes) is 1. The zero-order valence-electron chi connectivity index (χ0n) is 8.84. The first-order chi connectivity index (χ1) is 6.74. The van der Waals surface area contributed by atoms with E-state index >= 15 is 0 Å². The number of benzene rings is 1. The van der Waals surface area contributed by atoms with Crippen molar-refractivity contribution in [2.24, 2.45) is 0 Å². The highest BCUT2D eigenvalue weighted by molar-refractivity contribution is 7.99. The van der Waals surface area contributed by atoms with Crippen LogP contribution >= 0.6 is 11.8 Å². The Morgan fingerprint density at radius 1 is 1.36 bits per heavy atom. The lowest BCUT2D eigenvalue weighted by Gasteiger charge is -2.05. The molecular weight excluding hydrogens is 188 g/mol. The van der Waals surface area contributed by atoms with E-state index in [4.69, 9.17) is 6.42 Å². The number of terminal acetylenes is 1. The van der Waals surface area contributed by atoms with Crippen LogP contribution in [0, 0.1) is 26.2 Å². The lowest BCUT2D eigenvalue weighted by atomic mass is 10.2. The van der Waals surface area contributed by atoms with Gasteiger partial charge in [-0.3, -0.25) is 0 Å². The van der Waals surface area contributed by atoms with Crippen LogP contribution < -0.4 is 0 Å². The summed E-state index contributed by atoms with van der Waals surface area (Å²) in [5.74, 6) is 3.79. The summed E-state index contributed by atoms with van der Waals surface area (Å²) >= 11 is 1.91. The maximum Gasteiger partial charge on any atom is 0.0104 e. The minimum atomic E-state index is 0.887. The zero-order valence-corrected chi connectivity index (χ0v) is 9.66. The van der Waals surface area contributed by atoms with Gasteiger partial charge in [0, 0.05) is 11.3 Å². The first kappa shape index (κ1) is 11.2. The summed E-state index contributed by atoms with van der Waals surface area (Å²) in [6, 6.07) is 6.58. The molecule has 14 heavy (non-hydrogen) atoms. The standard InChI is InChI=1S/C13H16S/c1-4-5-6-9-14-13-10-11(2)7-8-12(13)3/h1,7-8,10H,5-6,9H2,2-3H3. The first-order valence-electron chi connectivity index (χ1n) is 4.87. The molecule has 0 amide bonds. The molecule has 0 saturated heterocycles. The molecule has 0 nitrogen and oxygen atoms in total. The fourth-order valence-corrected chi connectivity index (χ4v) is 2.29. The predicted molar refractivity (Wildman–Crippen MR) is 64.7 cm³/mol. The summed E-state index contributed by atoms with van der Waals surface area (Å²) < 4.78 is 0. The van der Waals surface area contributed by atoms with E-state index in [9.17, 15) is 0 Å². The molecule has 0 fully saturated rings. The van der Waals surface area contributed by atoms with E-state index in [1.54, 1.807) is 0 Å². The molecule has 0 N–H and O–H groups in total. The average Bonchev–Trinajstić information content (AvgIpc) is 2.18. The third kappa shape index (κ3) is 3.47. The molecule has 0 bridgehead atoms. The molecule has 0 aliphatic rings. The van der Waals surface area contributed by atoms with Gasteiger partial charge >= 0.3 is 0 Å². The number of thioether (sulfide) groups is 1. The molecular formula is C13H16S. The van der Waals surface area contributed by atoms with Crippen molar-refractivity contribution < 1.29 is 0 Å². The van der Waals surface area contributed by atoms with Crippen molar-refractivity contribution >= 4 is 11.8 Å². The van der Waals surface area contributed by atoms with E-state index in [1.165, 1.54) is 16.0 Å². The lowest BCUT2D eigenvalue weighted by molar-refractivity contribution is 0.996. The molecule has 0 atom stereocenters. The van der Waals surface area contributed by atoms with Crippen molar-refractivity contribution in [2.45, 2.75) is 31.6 Å². The highest BCUT2D eigenvalue weighted by Gasteiger charge is 1.98. The van der Waals surface area contributed by atoms with Gasteiger partial charge < -0.3 is 0 Å². The van der Waals surface area contributed by atoms with Crippen LogP contribution in [-0.2, 0) is 0 Å². The smallest absolute Gasteiger partial charge is 0.0104 e. The topological polar surface area (TPSA) is 0 Å². The largest absolute Gasteiger partial charge is 0.126 e. The Balaban J connectivity index is 2.50. The van der Waals surface area contributed by atoms with Crippen LogP contribution in [0.15, 0.2) is 23.1 Å². The molecule has 0 aromatic heterocycles. The van der Waals surface area contributed by atoms with Gasteiger partial charge in [0.25, 0.3) is 0 Å². The van der Waals surface area contributed by atoms with E-state index < -0.39 is 0 Å². The van der Waals surface area contributed by atoms with Gasteiger partial charge in [-0.15, -0.1) is 24.1 Å². The molecule has 1 aromatic rings. The van der Waals surface area contributed by atoms with E-state index in [2.05, 4.69) is 38.0 Å². The Morgan fingerprint density at radius 3 is 2.86 bits per heavy atom. The van der Waals surface area contributed by atoms with Gasteiger partial charge in [0.15, 0.2) is 0 Å². The van der Waals surface area contributed by atoms with Crippen LogP contribution in [0.4, 0.5) is 0 Å². The van der Waals surface area contributed by atoms with Crippen molar-refractivity contribution in [2.75, 3.05) is 5.75 Å². The average molecular weight is 204 g/mol. The van der Waals surface area contributed by atoms with Gasteiger partial charge in [-0.1, -0.05) is 17.7 Å². The van der Waals surface area contributed by atoms with Gasteiger partial charge in [0.2, 0.25) is 0 Å². The summed E-state index contributed by atoms with van der Waals surface area (Å²) in [5, 5.41) is 0. The number of hydrogen-bond donors (Lipinski definition) is 0. The quantitative estimate of drug-likeness (QED) is 0.408. The first-order valence-corrected chi connectivity index (χ1v) is 5.86. The molecule has 0 spiro atoms. The van der Waals surface area contributed by atoms with Gasteiger partial charge in [0.1, 0.15) is 0 Å². The van der Waals surface area contributed by atoms with Crippen LogP contribution in [-0.4, -0.2) is 5.75 Å². The Morgan fingerprint density at radius 2 is 2.14 bits per heavy atom. The van der Waals surface area contributed by atoms with Crippen LogP contribution in [0.2, 0.25) is 0 Å². The minimum absolute atomic E-state index is 0.887. The van der Waals surface area contributed by atoms with Crippen LogP contribution in [0.5, 0.6) is 0 Å². The van der Waals surface area contributed by atoms with Crippen molar-refractivity contribution in [1.29, 1.82) is 0 Å².